The van der Waals surface area contributed by atoms with Gasteiger partial charge in [-0.05, 0) is 54.8 Å². The van der Waals surface area contributed by atoms with Crippen LogP contribution in [-0.2, 0) is 0 Å². The van der Waals surface area contributed by atoms with Gasteiger partial charge < -0.3 is 9.47 Å². The second-order valence-electron chi connectivity index (χ2n) is 8.36. The first-order valence-electron chi connectivity index (χ1n) is 11.2. The van der Waals surface area contributed by atoms with Crippen LogP contribution < -0.4 is 14.4 Å². The number of hydrogen-bond donors (Lipinski definition) is 0. The third-order valence-corrected chi connectivity index (χ3v) is 6.32. The van der Waals surface area contributed by atoms with Crippen LogP contribution in [0.4, 0.5) is 5.95 Å². The van der Waals surface area contributed by atoms with Gasteiger partial charge in [0.2, 0.25) is 5.95 Å². The highest BCUT2D eigenvalue weighted by Gasteiger charge is 2.39. The number of carbonyl (C=O) groups is 1. The van der Waals surface area contributed by atoms with E-state index >= 15 is 0 Å². The van der Waals surface area contributed by atoms with Crippen LogP contribution in [-0.4, -0.2) is 34.9 Å². The lowest BCUT2D eigenvalue weighted by Crippen LogP contribution is -2.42. The fourth-order valence-corrected chi connectivity index (χ4v) is 4.50. The van der Waals surface area contributed by atoms with E-state index in [4.69, 9.17) is 9.47 Å². The SMILES string of the molecule is COc1ccc([C@H]2C[C@@H](c3ccc(C)cc3)n3ncnc3N2C(=O)c2cccc(OC)c2)cc1. The van der Waals surface area contributed by atoms with Crippen LogP contribution in [0.1, 0.15) is 45.6 Å². The molecule has 3 aromatic carbocycles. The second kappa shape index (κ2) is 9.02. The van der Waals surface area contributed by atoms with Crippen molar-refractivity contribution in [2.45, 2.75) is 25.4 Å². The lowest BCUT2D eigenvalue weighted by Gasteiger charge is -2.39. The third-order valence-electron chi connectivity index (χ3n) is 6.32. The maximum Gasteiger partial charge on any atom is 0.261 e. The Bertz CT molecular complexity index is 1300. The molecule has 1 aliphatic rings. The molecule has 2 heterocycles. The van der Waals surface area contributed by atoms with Crippen LogP contribution in [0.5, 0.6) is 11.5 Å². The van der Waals surface area contributed by atoms with Crippen molar-refractivity contribution in [2.75, 3.05) is 19.1 Å². The summed E-state index contributed by atoms with van der Waals surface area (Å²) in [5.74, 6) is 1.76. The lowest BCUT2D eigenvalue weighted by atomic mass is 9.91. The standard InChI is InChI=1S/C27H26N4O3/c1-18-7-9-20(10-8-18)25-16-24(19-11-13-22(33-2)14-12-19)30(27-28-17-29-31(25)27)26(32)21-5-4-6-23(15-21)34-3/h4-15,17,24-25H,16H2,1-3H3/t24-,25+/m1/s1. The average Bonchev–Trinajstić information content (AvgIpc) is 3.38. The van der Waals surface area contributed by atoms with Crippen molar-refractivity contribution < 1.29 is 14.3 Å². The Labute approximate surface area is 198 Å². The molecule has 1 aromatic heterocycles. The summed E-state index contributed by atoms with van der Waals surface area (Å²) in [5, 5.41) is 4.52. The first-order valence-corrected chi connectivity index (χ1v) is 11.2. The van der Waals surface area contributed by atoms with E-state index in [1.807, 2.05) is 41.1 Å². The molecule has 7 nitrogen and oxygen atoms in total. The van der Waals surface area contributed by atoms with Crippen LogP contribution in [0.3, 0.4) is 0 Å². The number of aromatic nitrogens is 3. The highest BCUT2D eigenvalue weighted by Crippen LogP contribution is 2.42. The molecule has 0 unspecified atom stereocenters. The monoisotopic (exact) mass is 454 g/mol. The van der Waals surface area contributed by atoms with E-state index in [1.54, 1.807) is 31.3 Å². The molecule has 1 aliphatic heterocycles. The van der Waals surface area contributed by atoms with Gasteiger partial charge >= 0.3 is 0 Å². The zero-order valence-electron chi connectivity index (χ0n) is 19.4. The van der Waals surface area contributed by atoms with Gasteiger partial charge in [0, 0.05) is 5.56 Å². The molecule has 172 valence electrons. The number of rotatable bonds is 5. The number of aryl methyl sites for hydroxylation is 1. The summed E-state index contributed by atoms with van der Waals surface area (Å²) in [4.78, 5) is 20.2. The molecule has 4 aromatic rings. The molecule has 0 fully saturated rings. The quantitative estimate of drug-likeness (QED) is 0.425. The van der Waals surface area contributed by atoms with Gasteiger partial charge in [0.25, 0.3) is 5.91 Å². The fourth-order valence-electron chi connectivity index (χ4n) is 4.50. The van der Waals surface area contributed by atoms with Gasteiger partial charge in [-0.15, -0.1) is 0 Å². The topological polar surface area (TPSA) is 69.5 Å². The number of ether oxygens (including phenoxy) is 2. The number of anilines is 1. The van der Waals surface area contributed by atoms with Crippen LogP contribution in [0.2, 0.25) is 0 Å². The van der Waals surface area contributed by atoms with Crippen LogP contribution >= 0.6 is 0 Å². The zero-order valence-corrected chi connectivity index (χ0v) is 19.4. The van der Waals surface area contributed by atoms with Crippen molar-refractivity contribution in [2.24, 2.45) is 0 Å². The molecule has 2 atom stereocenters. The summed E-state index contributed by atoms with van der Waals surface area (Å²) < 4.78 is 12.6. The van der Waals surface area contributed by atoms with Crippen molar-refractivity contribution in [1.82, 2.24) is 14.8 Å². The van der Waals surface area contributed by atoms with E-state index < -0.39 is 0 Å². The highest BCUT2D eigenvalue weighted by atomic mass is 16.5. The van der Waals surface area contributed by atoms with Crippen LogP contribution in [0.15, 0.2) is 79.1 Å². The van der Waals surface area contributed by atoms with E-state index in [0.717, 1.165) is 16.9 Å². The van der Waals surface area contributed by atoms with Crippen molar-refractivity contribution >= 4 is 11.9 Å². The summed E-state index contributed by atoms with van der Waals surface area (Å²) in [5.41, 5.74) is 3.86. The van der Waals surface area contributed by atoms with Gasteiger partial charge in [-0.2, -0.15) is 10.1 Å². The van der Waals surface area contributed by atoms with E-state index in [-0.39, 0.29) is 18.0 Å². The van der Waals surface area contributed by atoms with Gasteiger partial charge in [-0.3, -0.25) is 9.69 Å². The normalized spacial score (nSPS) is 17.2. The third kappa shape index (κ3) is 3.90. The number of benzene rings is 3. The number of fused-ring (bicyclic) bond motifs is 1. The maximum absolute atomic E-state index is 13.9. The van der Waals surface area contributed by atoms with Gasteiger partial charge in [0.05, 0.1) is 26.3 Å². The summed E-state index contributed by atoms with van der Waals surface area (Å²) in [7, 11) is 3.23. The second-order valence-corrected chi connectivity index (χ2v) is 8.36. The van der Waals surface area contributed by atoms with E-state index in [0.29, 0.717) is 23.7 Å². The Kier molecular flexibility index (Phi) is 5.76. The van der Waals surface area contributed by atoms with Gasteiger partial charge in [-0.1, -0.05) is 48.0 Å². The number of carbonyl (C=O) groups excluding carboxylic acids is 1. The lowest BCUT2D eigenvalue weighted by molar-refractivity contribution is 0.0963. The minimum atomic E-state index is -0.243. The number of methoxy groups -OCH3 is 2. The molecule has 0 N–H and O–H groups in total. The zero-order chi connectivity index (χ0) is 23.7. The minimum Gasteiger partial charge on any atom is -0.497 e. The fraction of sp³-hybridized carbons (Fsp3) is 0.222. The molecule has 34 heavy (non-hydrogen) atoms. The molecule has 0 spiro atoms. The van der Waals surface area contributed by atoms with E-state index in [1.165, 1.54) is 11.9 Å². The highest BCUT2D eigenvalue weighted by molar-refractivity contribution is 6.06. The van der Waals surface area contributed by atoms with Crippen LogP contribution in [0, 0.1) is 6.92 Å². The predicted molar refractivity (Wildman–Crippen MR) is 129 cm³/mol. The average molecular weight is 455 g/mol. The molecule has 5 rings (SSSR count). The Hall–Kier alpha value is -4.13. The van der Waals surface area contributed by atoms with Gasteiger partial charge in [0.1, 0.15) is 17.8 Å². The Balaban J connectivity index is 1.63. The van der Waals surface area contributed by atoms with Crippen LogP contribution in [0.25, 0.3) is 0 Å². The number of hydrogen-bond acceptors (Lipinski definition) is 5. The Morgan fingerprint density at radius 2 is 1.56 bits per heavy atom. The minimum absolute atomic E-state index is 0.0560. The number of nitrogens with zero attached hydrogens (tertiary/aromatic N) is 4. The molecular weight excluding hydrogens is 428 g/mol. The van der Waals surface area contributed by atoms with Crippen molar-refractivity contribution in [3.8, 4) is 11.5 Å². The molecule has 0 bridgehead atoms. The maximum atomic E-state index is 13.9. The molecule has 0 aliphatic carbocycles. The Morgan fingerprint density at radius 3 is 2.26 bits per heavy atom. The smallest absolute Gasteiger partial charge is 0.261 e. The van der Waals surface area contributed by atoms with Gasteiger partial charge in [0.15, 0.2) is 0 Å². The first kappa shape index (κ1) is 21.7. The summed E-state index contributed by atoms with van der Waals surface area (Å²) in [6, 6.07) is 23.2. The first-order chi connectivity index (χ1) is 16.6. The van der Waals surface area contributed by atoms with Gasteiger partial charge in [-0.25, -0.2) is 4.68 Å². The molecular formula is C27H26N4O3. The molecule has 0 saturated carbocycles. The number of amides is 1. The summed E-state index contributed by atoms with van der Waals surface area (Å²) in [6.07, 6.45) is 2.17. The molecule has 0 radical (unpaired) electrons. The van der Waals surface area contributed by atoms with Crippen molar-refractivity contribution in [3.05, 3.63) is 101 Å². The predicted octanol–water partition coefficient (Wildman–Crippen LogP) is 4.98. The molecule has 1 amide bonds. The van der Waals surface area contributed by atoms with E-state index in [2.05, 4.69) is 41.3 Å². The van der Waals surface area contributed by atoms with Crippen molar-refractivity contribution in [1.29, 1.82) is 0 Å². The summed E-state index contributed by atoms with van der Waals surface area (Å²) >= 11 is 0. The largest absolute Gasteiger partial charge is 0.497 e. The Morgan fingerprint density at radius 1 is 0.882 bits per heavy atom. The molecule has 7 heteroatoms. The van der Waals surface area contributed by atoms with E-state index in [9.17, 15) is 4.79 Å². The van der Waals surface area contributed by atoms with Crippen molar-refractivity contribution in [3.63, 3.8) is 0 Å². The summed E-state index contributed by atoms with van der Waals surface area (Å²) in [6.45, 7) is 2.07. The molecule has 0 saturated heterocycles.